The van der Waals surface area contributed by atoms with Crippen LogP contribution in [0.4, 0.5) is 17.5 Å². The lowest BCUT2D eigenvalue weighted by Gasteiger charge is -2.12. The Morgan fingerprint density at radius 3 is 2.58 bits per heavy atom. The van der Waals surface area contributed by atoms with Crippen molar-refractivity contribution in [2.75, 3.05) is 17.2 Å². The Morgan fingerprint density at radius 1 is 1.04 bits per heavy atom. The lowest BCUT2D eigenvalue weighted by Crippen LogP contribution is -2.05. The minimum absolute atomic E-state index is 0.452. The predicted octanol–water partition coefficient (Wildman–Crippen LogP) is 5.02. The summed E-state index contributed by atoms with van der Waals surface area (Å²) >= 11 is 12.3. The Bertz CT molecular complexity index is 840. The smallest absolute Gasteiger partial charge is 0.225 e. The Hall–Kier alpha value is -2.37. The highest BCUT2D eigenvalue weighted by atomic mass is 35.5. The first kappa shape index (κ1) is 16.5. The summed E-state index contributed by atoms with van der Waals surface area (Å²) in [5.74, 6) is 1.16. The molecule has 2 heterocycles. The third-order valence-electron chi connectivity index (χ3n) is 3.25. The summed E-state index contributed by atoms with van der Waals surface area (Å²) in [6, 6.07) is 11.1. The van der Waals surface area contributed by atoms with Crippen LogP contribution in [0.3, 0.4) is 0 Å². The first-order valence-corrected chi connectivity index (χ1v) is 8.17. The Morgan fingerprint density at radius 2 is 1.83 bits per heavy atom. The average Bonchev–Trinajstić information content (AvgIpc) is 2.60. The van der Waals surface area contributed by atoms with E-state index < -0.39 is 0 Å². The number of halogens is 2. The average molecular weight is 360 g/mol. The maximum absolute atomic E-state index is 6.24. The molecular weight excluding hydrogens is 345 g/mol. The van der Waals surface area contributed by atoms with E-state index in [0.717, 1.165) is 17.8 Å². The molecule has 2 N–H and O–H groups in total. The first-order valence-electron chi connectivity index (χ1n) is 7.41. The Labute approximate surface area is 150 Å². The highest BCUT2D eigenvalue weighted by molar-refractivity contribution is 6.43. The first-order chi connectivity index (χ1) is 11.7. The third kappa shape index (κ3) is 3.75. The minimum Gasteiger partial charge on any atom is -0.354 e. The molecule has 0 fully saturated rings. The van der Waals surface area contributed by atoms with Gasteiger partial charge in [0.25, 0.3) is 0 Å². The fraction of sp³-hybridized carbons (Fsp3) is 0.118. The van der Waals surface area contributed by atoms with Gasteiger partial charge < -0.3 is 10.6 Å². The van der Waals surface area contributed by atoms with Crippen LogP contribution in [0.25, 0.3) is 11.3 Å². The van der Waals surface area contributed by atoms with Gasteiger partial charge in [-0.25, -0.2) is 4.98 Å². The van der Waals surface area contributed by atoms with E-state index in [1.165, 1.54) is 0 Å². The van der Waals surface area contributed by atoms with Crippen molar-refractivity contribution in [1.82, 2.24) is 15.0 Å². The normalized spacial score (nSPS) is 10.5. The van der Waals surface area contributed by atoms with E-state index in [1.807, 2.05) is 37.3 Å². The molecule has 24 heavy (non-hydrogen) atoms. The lowest BCUT2D eigenvalue weighted by atomic mass is 10.2. The molecule has 7 heteroatoms. The molecular formula is C17H15Cl2N5. The molecule has 5 nitrogen and oxygen atoms in total. The van der Waals surface area contributed by atoms with Gasteiger partial charge in [-0.05, 0) is 31.2 Å². The molecule has 2 aromatic heterocycles. The zero-order valence-electron chi connectivity index (χ0n) is 12.9. The van der Waals surface area contributed by atoms with Crippen LogP contribution < -0.4 is 10.6 Å². The number of rotatable bonds is 5. The van der Waals surface area contributed by atoms with Crippen molar-refractivity contribution < 1.29 is 0 Å². The molecule has 122 valence electrons. The van der Waals surface area contributed by atoms with Gasteiger partial charge in [0.2, 0.25) is 5.95 Å². The van der Waals surface area contributed by atoms with Gasteiger partial charge in [-0.2, -0.15) is 4.98 Å². The molecule has 0 bridgehead atoms. The molecule has 0 aliphatic rings. The number of hydrogen-bond acceptors (Lipinski definition) is 5. The zero-order chi connectivity index (χ0) is 16.9. The van der Waals surface area contributed by atoms with Crippen molar-refractivity contribution in [1.29, 1.82) is 0 Å². The van der Waals surface area contributed by atoms with E-state index in [1.54, 1.807) is 18.5 Å². The molecule has 3 rings (SSSR count). The zero-order valence-corrected chi connectivity index (χ0v) is 14.4. The van der Waals surface area contributed by atoms with Gasteiger partial charge >= 0.3 is 0 Å². The third-order valence-corrected chi connectivity index (χ3v) is 4.07. The highest BCUT2D eigenvalue weighted by Gasteiger charge is 2.09. The maximum atomic E-state index is 6.24. The largest absolute Gasteiger partial charge is 0.354 e. The molecule has 1 aromatic carbocycles. The number of nitrogens with zero attached hydrogens (tertiary/aromatic N) is 3. The second-order valence-corrected chi connectivity index (χ2v) is 5.74. The molecule has 3 aromatic rings. The van der Waals surface area contributed by atoms with Crippen LogP contribution in [0.2, 0.25) is 10.0 Å². The van der Waals surface area contributed by atoms with Crippen LogP contribution in [0.15, 0.2) is 48.8 Å². The van der Waals surface area contributed by atoms with E-state index in [-0.39, 0.29) is 0 Å². The summed E-state index contributed by atoms with van der Waals surface area (Å²) in [4.78, 5) is 13.0. The summed E-state index contributed by atoms with van der Waals surface area (Å²) in [5, 5.41) is 7.27. The number of nitrogens with one attached hydrogen (secondary N) is 2. The SMILES string of the molecule is CCNc1nc(Nc2cccc(Cl)c2Cl)cc(-c2ccncc2)n1. The van der Waals surface area contributed by atoms with Gasteiger partial charge in [-0.1, -0.05) is 29.3 Å². The molecule has 0 saturated carbocycles. The quantitative estimate of drug-likeness (QED) is 0.669. The van der Waals surface area contributed by atoms with Gasteiger partial charge in [0, 0.05) is 30.6 Å². The summed E-state index contributed by atoms with van der Waals surface area (Å²) in [6.07, 6.45) is 3.45. The fourth-order valence-electron chi connectivity index (χ4n) is 2.16. The van der Waals surface area contributed by atoms with Crippen LogP contribution >= 0.6 is 23.2 Å². The molecule has 0 aliphatic heterocycles. The summed E-state index contributed by atoms with van der Waals surface area (Å²) in [6.45, 7) is 2.71. The molecule has 0 amide bonds. The number of anilines is 3. The van der Waals surface area contributed by atoms with Gasteiger partial charge in [-0.3, -0.25) is 4.98 Å². The topological polar surface area (TPSA) is 62.7 Å². The molecule has 0 radical (unpaired) electrons. The second-order valence-electron chi connectivity index (χ2n) is 4.95. The number of aromatic nitrogens is 3. The van der Waals surface area contributed by atoms with Gasteiger partial charge in [0.1, 0.15) is 5.82 Å². The maximum Gasteiger partial charge on any atom is 0.225 e. The number of pyridine rings is 1. The van der Waals surface area contributed by atoms with Crippen molar-refractivity contribution in [2.24, 2.45) is 0 Å². The minimum atomic E-state index is 0.452. The van der Waals surface area contributed by atoms with Gasteiger partial charge in [-0.15, -0.1) is 0 Å². The predicted molar refractivity (Wildman–Crippen MR) is 99.2 cm³/mol. The molecule has 0 unspecified atom stereocenters. The molecule has 0 aliphatic carbocycles. The van der Waals surface area contributed by atoms with E-state index in [9.17, 15) is 0 Å². The Balaban J connectivity index is 2.00. The molecule has 0 spiro atoms. The van der Waals surface area contributed by atoms with Crippen molar-refractivity contribution in [3.63, 3.8) is 0 Å². The highest BCUT2D eigenvalue weighted by Crippen LogP contribution is 2.32. The lowest BCUT2D eigenvalue weighted by molar-refractivity contribution is 1.09. The number of hydrogen-bond donors (Lipinski definition) is 2. The van der Waals surface area contributed by atoms with Crippen LogP contribution in [0, 0.1) is 0 Å². The van der Waals surface area contributed by atoms with Crippen LogP contribution in [-0.4, -0.2) is 21.5 Å². The van der Waals surface area contributed by atoms with E-state index in [4.69, 9.17) is 23.2 Å². The Kier molecular flexibility index (Phi) is 5.13. The van der Waals surface area contributed by atoms with Crippen LogP contribution in [0.5, 0.6) is 0 Å². The summed E-state index contributed by atoms with van der Waals surface area (Å²) in [5.41, 5.74) is 2.42. The van der Waals surface area contributed by atoms with Gasteiger partial charge in [0.05, 0.1) is 21.4 Å². The monoisotopic (exact) mass is 359 g/mol. The fourth-order valence-corrected chi connectivity index (χ4v) is 2.51. The second kappa shape index (κ2) is 7.47. The molecule has 0 saturated heterocycles. The number of benzene rings is 1. The van der Waals surface area contributed by atoms with E-state index in [0.29, 0.717) is 27.5 Å². The van der Waals surface area contributed by atoms with Crippen molar-refractivity contribution in [3.8, 4) is 11.3 Å². The van der Waals surface area contributed by atoms with Crippen LogP contribution in [0.1, 0.15) is 6.92 Å². The van der Waals surface area contributed by atoms with Crippen molar-refractivity contribution in [2.45, 2.75) is 6.92 Å². The summed E-state index contributed by atoms with van der Waals surface area (Å²) in [7, 11) is 0. The van der Waals surface area contributed by atoms with E-state index in [2.05, 4.69) is 25.6 Å². The van der Waals surface area contributed by atoms with Gasteiger partial charge in [0.15, 0.2) is 0 Å². The summed E-state index contributed by atoms with van der Waals surface area (Å²) < 4.78 is 0. The molecule has 0 atom stereocenters. The van der Waals surface area contributed by atoms with E-state index >= 15 is 0 Å². The van der Waals surface area contributed by atoms with Crippen LogP contribution in [-0.2, 0) is 0 Å². The van der Waals surface area contributed by atoms with Crippen molar-refractivity contribution >= 4 is 40.7 Å². The van der Waals surface area contributed by atoms with Crippen molar-refractivity contribution in [3.05, 3.63) is 58.8 Å². The standard InChI is InChI=1S/C17H15Cl2N5/c1-2-21-17-23-14(11-6-8-20-9-7-11)10-15(24-17)22-13-5-3-4-12(18)16(13)19/h3-10H,2H2,1H3,(H2,21,22,23,24).